The van der Waals surface area contributed by atoms with Crippen molar-refractivity contribution in [3.63, 3.8) is 0 Å². The molecule has 4 nitrogen and oxygen atoms in total. The molecule has 0 radical (unpaired) electrons. The van der Waals surface area contributed by atoms with Crippen LogP contribution in [0.1, 0.15) is 35.2 Å². The Morgan fingerprint density at radius 3 is 3.04 bits per heavy atom. The van der Waals surface area contributed by atoms with Gasteiger partial charge in [-0.2, -0.15) is 0 Å². The van der Waals surface area contributed by atoms with Crippen LogP contribution in [0.5, 0.6) is 0 Å². The number of fused-ring (bicyclic) bond motifs is 4. The van der Waals surface area contributed by atoms with Crippen molar-refractivity contribution in [2.45, 2.75) is 44.4 Å². The Morgan fingerprint density at radius 1 is 1.26 bits per heavy atom. The van der Waals surface area contributed by atoms with Crippen LogP contribution in [0.2, 0.25) is 5.02 Å². The number of aromatic nitrogens is 2. The van der Waals surface area contributed by atoms with Crippen LogP contribution in [0.25, 0.3) is 10.9 Å². The second-order valence-electron chi connectivity index (χ2n) is 8.08. The largest absolute Gasteiger partial charge is 0.383 e. The molecular formula is C22H24ClN3O. The van der Waals surface area contributed by atoms with Crippen molar-refractivity contribution >= 4 is 22.5 Å². The monoisotopic (exact) mass is 381 g/mol. The number of rotatable bonds is 2. The van der Waals surface area contributed by atoms with Gasteiger partial charge in [-0.15, -0.1) is 0 Å². The Labute approximate surface area is 164 Å². The van der Waals surface area contributed by atoms with Gasteiger partial charge in [0, 0.05) is 53.5 Å². The first-order chi connectivity index (χ1) is 13.0. The van der Waals surface area contributed by atoms with E-state index in [2.05, 4.69) is 33.6 Å². The van der Waals surface area contributed by atoms with Crippen LogP contribution in [-0.2, 0) is 31.5 Å². The van der Waals surface area contributed by atoms with E-state index in [1.165, 1.54) is 27.7 Å². The maximum atomic E-state index is 11.7. The van der Waals surface area contributed by atoms with Gasteiger partial charge in [0.25, 0.3) is 0 Å². The fraction of sp³-hybridized carbons (Fsp3) is 0.409. The first-order valence-electron chi connectivity index (χ1n) is 9.69. The van der Waals surface area contributed by atoms with E-state index in [0.29, 0.717) is 6.54 Å². The van der Waals surface area contributed by atoms with Gasteiger partial charge in [-0.05, 0) is 67.3 Å². The van der Waals surface area contributed by atoms with Crippen molar-refractivity contribution in [1.29, 1.82) is 0 Å². The summed E-state index contributed by atoms with van der Waals surface area (Å²) in [5.74, 6) is 0. The van der Waals surface area contributed by atoms with Crippen LogP contribution in [0.4, 0.5) is 0 Å². The molecule has 0 saturated carbocycles. The zero-order valence-electron chi connectivity index (χ0n) is 15.6. The smallest absolute Gasteiger partial charge is 0.108 e. The van der Waals surface area contributed by atoms with Gasteiger partial charge in [0.1, 0.15) is 5.60 Å². The summed E-state index contributed by atoms with van der Waals surface area (Å²) in [6.45, 7) is 2.55. The molecule has 5 rings (SSSR count). The number of benzene rings is 1. The van der Waals surface area contributed by atoms with E-state index >= 15 is 0 Å². The maximum Gasteiger partial charge on any atom is 0.108 e. The summed E-state index contributed by atoms with van der Waals surface area (Å²) in [5, 5.41) is 13.7. The fourth-order valence-electron chi connectivity index (χ4n) is 4.95. The maximum absolute atomic E-state index is 11.7. The van der Waals surface area contributed by atoms with Crippen LogP contribution in [0, 0.1) is 0 Å². The van der Waals surface area contributed by atoms with Crippen molar-refractivity contribution in [2.24, 2.45) is 0 Å². The SMILES string of the molecule is CN1CCc2c(c3cc(Cl)ccc3n2CC2(O)CCCc3cnccc32)C1. The van der Waals surface area contributed by atoms with Gasteiger partial charge in [-0.25, -0.2) is 0 Å². The van der Waals surface area contributed by atoms with Crippen LogP contribution in [-0.4, -0.2) is 33.1 Å². The molecule has 0 fully saturated rings. The molecule has 5 heteroatoms. The Bertz CT molecular complexity index is 1030. The topological polar surface area (TPSA) is 41.3 Å². The minimum atomic E-state index is -0.848. The Balaban J connectivity index is 1.66. The average Bonchev–Trinajstić information content (AvgIpc) is 2.94. The summed E-state index contributed by atoms with van der Waals surface area (Å²) in [7, 11) is 2.16. The van der Waals surface area contributed by atoms with Crippen molar-refractivity contribution in [2.75, 3.05) is 13.6 Å². The van der Waals surface area contributed by atoms with Crippen molar-refractivity contribution < 1.29 is 5.11 Å². The zero-order chi connectivity index (χ0) is 18.6. The van der Waals surface area contributed by atoms with Crippen LogP contribution in [0.3, 0.4) is 0 Å². The summed E-state index contributed by atoms with van der Waals surface area (Å²) in [5.41, 5.74) is 5.25. The quantitative estimate of drug-likeness (QED) is 0.731. The van der Waals surface area contributed by atoms with Crippen LogP contribution in [0.15, 0.2) is 36.7 Å². The number of pyridine rings is 1. The highest BCUT2D eigenvalue weighted by Crippen LogP contribution is 2.39. The molecule has 2 aromatic heterocycles. The number of aliphatic hydroxyl groups is 1. The Kier molecular flexibility index (Phi) is 4.04. The summed E-state index contributed by atoms with van der Waals surface area (Å²) < 4.78 is 2.35. The van der Waals surface area contributed by atoms with Gasteiger partial charge in [0.05, 0.1) is 6.54 Å². The van der Waals surface area contributed by atoms with E-state index in [9.17, 15) is 5.11 Å². The van der Waals surface area contributed by atoms with E-state index in [4.69, 9.17) is 11.6 Å². The van der Waals surface area contributed by atoms with Crippen molar-refractivity contribution in [3.8, 4) is 0 Å². The second kappa shape index (κ2) is 6.33. The molecule has 1 aliphatic heterocycles. The van der Waals surface area contributed by atoms with E-state index in [1.54, 1.807) is 6.20 Å². The van der Waals surface area contributed by atoms with E-state index in [1.807, 2.05) is 18.3 Å². The molecule has 140 valence electrons. The molecule has 0 amide bonds. The number of halogens is 1. The fourth-order valence-corrected chi connectivity index (χ4v) is 5.12. The molecule has 3 aromatic rings. The molecule has 0 bridgehead atoms. The number of nitrogens with zero attached hydrogens (tertiary/aromatic N) is 3. The summed E-state index contributed by atoms with van der Waals surface area (Å²) in [4.78, 5) is 6.61. The molecule has 0 spiro atoms. The van der Waals surface area contributed by atoms with Gasteiger partial charge in [0.15, 0.2) is 0 Å². The highest BCUT2D eigenvalue weighted by Gasteiger charge is 2.36. The van der Waals surface area contributed by atoms with Crippen LogP contribution >= 0.6 is 11.6 Å². The first kappa shape index (κ1) is 17.2. The molecular weight excluding hydrogens is 358 g/mol. The molecule has 1 unspecified atom stereocenters. The number of aryl methyl sites for hydroxylation is 1. The molecule has 3 heterocycles. The van der Waals surface area contributed by atoms with E-state index < -0.39 is 5.60 Å². The second-order valence-corrected chi connectivity index (χ2v) is 8.52. The van der Waals surface area contributed by atoms with Gasteiger partial charge in [0.2, 0.25) is 0 Å². The lowest BCUT2D eigenvalue weighted by Gasteiger charge is -2.36. The summed E-state index contributed by atoms with van der Waals surface area (Å²) in [6.07, 6.45) is 7.48. The summed E-state index contributed by atoms with van der Waals surface area (Å²) in [6, 6.07) is 8.14. The van der Waals surface area contributed by atoms with Crippen molar-refractivity contribution in [3.05, 3.63) is 64.1 Å². The summed E-state index contributed by atoms with van der Waals surface area (Å²) >= 11 is 6.31. The lowest BCUT2D eigenvalue weighted by atomic mass is 9.80. The minimum absolute atomic E-state index is 0.585. The molecule has 27 heavy (non-hydrogen) atoms. The third-order valence-electron chi connectivity index (χ3n) is 6.27. The third-order valence-corrected chi connectivity index (χ3v) is 6.50. The third kappa shape index (κ3) is 2.78. The van der Waals surface area contributed by atoms with Gasteiger partial charge >= 0.3 is 0 Å². The average molecular weight is 382 g/mol. The van der Waals surface area contributed by atoms with Gasteiger partial charge < -0.3 is 14.6 Å². The molecule has 1 N–H and O–H groups in total. The van der Waals surface area contributed by atoms with Gasteiger partial charge in [-0.3, -0.25) is 4.98 Å². The molecule has 1 aliphatic carbocycles. The zero-order valence-corrected chi connectivity index (χ0v) is 16.3. The van der Waals surface area contributed by atoms with Gasteiger partial charge in [-0.1, -0.05) is 11.6 Å². The molecule has 1 atom stereocenters. The predicted molar refractivity (Wildman–Crippen MR) is 108 cm³/mol. The predicted octanol–water partition coefficient (Wildman–Crippen LogP) is 3.90. The highest BCUT2D eigenvalue weighted by atomic mass is 35.5. The Hall–Kier alpha value is -1.88. The van der Waals surface area contributed by atoms with E-state index in [0.717, 1.165) is 49.4 Å². The molecule has 0 saturated heterocycles. The standard InChI is InChI=1S/C22H24ClN3O/c1-25-10-7-21-18(13-25)17-11-16(23)4-5-20(17)26(21)14-22(27)8-2-3-15-12-24-9-6-19(15)22/h4-6,9,11-12,27H,2-3,7-8,10,13-14H2,1H3. The number of hydrogen-bond acceptors (Lipinski definition) is 3. The lowest BCUT2D eigenvalue weighted by Crippen LogP contribution is -2.36. The number of hydrogen-bond donors (Lipinski definition) is 1. The number of likely N-dealkylation sites (N-methyl/N-ethyl adjacent to an activating group) is 1. The first-order valence-corrected chi connectivity index (χ1v) is 10.1. The molecule has 1 aromatic carbocycles. The van der Waals surface area contributed by atoms with Crippen molar-refractivity contribution in [1.82, 2.24) is 14.5 Å². The van der Waals surface area contributed by atoms with E-state index in [-0.39, 0.29) is 0 Å². The minimum Gasteiger partial charge on any atom is -0.383 e. The highest BCUT2D eigenvalue weighted by molar-refractivity contribution is 6.31. The lowest BCUT2D eigenvalue weighted by molar-refractivity contribution is 0.00163. The Morgan fingerprint density at radius 2 is 2.15 bits per heavy atom. The molecule has 2 aliphatic rings. The van der Waals surface area contributed by atoms with Crippen LogP contribution < -0.4 is 0 Å². The normalized spacial score (nSPS) is 22.6.